The lowest BCUT2D eigenvalue weighted by Gasteiger charge is -2.39. The van der Waals surface area contributed by atoms with Crippen LogP contribution in [0.3, 0.4) is 0 Å². The number of rotatable bonds is 3. The van der Waals surface area contributed by atoms with Crippen LogP contribution in [0, 0.1) is 26.7 Å². The van der Waals surface area contributed by atoms with E-state index in [4.69, 9.17) is 0 Å². The zero-order valence-electron chi connectivity index (χ0n) is 19.4. The summed E-state index contributed by atoms with van der Waals surface area (Å²) in [5.41, 5.74) is 7.53. The summed E-state index contributed by atoms with van der Waals surface area (Å²) in [4.78, 5) is 0.445. The summed E-state index contributed by atoms with van der Waals surface area (Å²) in [7, 11) is -3.45. The number of benzene rings is 2. The van der Waals surface area contributed by atoms with Crippen molar-refractivity contribution >= 4 is 15.7 Å². The van der Waals surface area contributed by atoms with Gasteiger partial charge in [-0.3, -0.25) is 0 Å². The predicted molar refractivity (Wildman–Crippen MR) is 131 cm³/mol. The zero-order chi connectivity index (χ0) is 22.5. The van der Waals surface area contributed by atoms with E-state index in [0.717, 1.165) is 43.4 Å². The molecule has 2 aromatic carbocycles. The van der Waals surface area contributed by atoms with Crippen LogP contribution >= 0.6 is 0 Å². The molecule has 2 aromatic rings. The lowest BCUT2D eigenvalue weighted by atomic mass is 9.75. The van der Waals surface area contributed by atoms with Gasteiger partial charge in [-0.1, -0.05) is 42.7 Å². The molecule has 0 bridgehead atoms. The van der Waals surface area contributed by atoms with Crippen molar-refractivity contribution in [2.75, 3.05) is 18.4 Å². The van der Waals surface area contributed by atoms with E-state index in [-0.39, 0.29) is 12.0 Å². The van der Waals surface area contributed by atoms with Crippen LogP contribution in [0.2, 0.25) is 0 Å². The first kappa shape index (κ1) is 21.7. The molecule has 5 heteroatoms. The van der Waals surface area contributed by atoms with Gasteiger partial charge in [-0.15, -0.1) is 0 Å². The average Bonchev–Trinajstić information content (AvgIpc) is 3.07. The van der Waals surface area contributed by atoms with Crippen LogP contribution in [0.25, 0.3) is 0 Å². The number of hydrogen-bond donors (Lipinski definition) is 1. The average molecular weight is 451 g/mol. The molecular formula is C27H34N2O2S. The first-order chi connectivity index (χ1) is 15.4. The van der Waals surface area contributed by atoms with E-state index in [1.165, 1.54) is 22.3 Å². The van der Waals surface area contributed by atoms with Gasteiger partial charge in [0.2, 0.25) is 10.0 Å². The molecule has 1 aliphatic carbocycles. The topological polar surface area (TPSA) is 49.4 Å². The van der Waals surface area contributed by atoms with Crippen molar-refractivity contribution in [3.63, 3.8) is 0 Å². The highest BCUT2D eigenvalue weighted by molar-refractivity contribution is 7.89. The van der Waals surface area contributed by atoms with Crippen molar-refractivity contribution in [1.82, 2.24) is 4.31 Å². The van der Waals surface area contributed by atoms with Gasteiger partial charge in [0.25, 0.3) is 0 Å². The molecular weight excluding hydrogens is 416 g/mol. The van der Waals surface area contributed by atoms with Crippen molar-refractivity contribution in [1.29, 1.82) is 0 Å². The van der Waals surface area contributed by atoms with Gasteiger partial charge in [-0.05, 0) is 86.4 Å². The fourth-order valence-corrected chi connectivity index (χ4v) is 7.68. The van der Waals surface area contributed by atoms with Gasteiger partial charge in [-0.25, -0.2) is 8.42 Å². The Morgan fingerprint density at radius 2 is 1.62 bits per heavy atom. The summed E-state index contributed by atoms with van der Waals surface area (Å²) in [5, 5.41) is 3.81. The Kier molecular flexibility index (Phi) is 5.67. The van der Waals surface area contributed by atoms with E-state index in [2.05, 4.69) is 50.4 Å². The van der Waals surface area contributed by atoms with E-state index in [1.54, 1.807) is 10.4 Å². The van der Waals surface area contributed by atoms with E-state index in [0.29, 0.717) is 23.9 Å². The number of allylic oxidation sites excluding steroid dienone is 2. The zero-order valence-corrected chi connectivity index (χ0v) is 20.2. The van der Waals surface area contributed by atoms with Crippen LogP contribution in [-0.2, 0) is 10.0 Å². The number of sulfonamides is 1. The maximum Gasteiger partial charge on any atom is 0.243 e. The highest BCUT2D eigenvalue weighted by Gasteiger charge is 2.39. The second-order valence-electron chi connectivity index (χ2n) is 9.86. The van der Waals surface area contributed by atoms with Gasteiger partial charge in [0.15, 0.2) is 0 Å². The summed E-state index contributed by atoms with van der Waals surface area (Å²) in [6, 6.07) is 10.5. The normalized spacial score (nSPS) is 25.7. The summed E-state index contributed by atoms with van der Waals surface area (Å²) in [6.45, 7) is 7.84. The lowest BCUT2D eigenvalue weighted by molar-refractivity contribution is 0.418. The molecule has 5 rings (SSSR count). The van der Waals surface area contributed by atoms with Gasteiger partial charge in [0.1, 0.15) is 0 Å². The summed E-state index contributed by atoms with van der Waals surface area (Å²) >= 11 is 0. The Labute approximate surface area is 192 Å². The van der Waals surface area contributed by atoms with Gasteiger partial charge < -0.3 is 5.32 Å². The molecule has 0 aromatic heterocycles. The predicted octanol–water partition coefficient (Wildman–Crippen LogP) is 6.00. The number of aryl methyl sites for hydroxylation is 3. The molecule has 0 amide bonds. The largest absolute Gasteiger partial charge is 0.378 e. The lowest BCUT2D eigenvalue weighted by Crippen LogP contribution is -2.33. The molecule has 1 N–H and O–H groups in total. The number of anilines is 1. The molecule has 0 saturated carbocycles. The van der Waals surface area contributed by atoms with Crippen LogP contribution in [0.5, 0.6) is 0 Å². The Morgan fingerprint density at radius 3 is 2.31 bits per heavy atom. The molecule has 1 fully saturated rings. The Morgan fingerprint density at radius 1 is 0.938 bits per heavy atom. The third kappa shape index (κ3) is 3.69. The fourth-order valence-electron chi connectivity index (χ4n) is 6.13. The van der Waals surface area contributed by atoms with Gasteiger partial charge in [0.05, 0.1) is 10.9 Å². The van der Waals surface area contributed by atoms with Crippen molar-refractivity contribution in [3.8, 4) is 0 Å². The van der Waals surface area contributed by atoms with E-state index >= 15 is 0 Å². The molecule has 3 unspecified atom stereocenters. The quantitative estimate of drug-likeness (QED) is 0.583. The molecule has 0 radical (unpaired) electrons. The van der Waals surface area contributed by atoms with Gasteiger partial charge in [0, 0.05) is 24.7 Å². The highest BCUT2D eigenvalue weighted by Crippen LogP contribution is 2.51. The Bertz CT molecular complexity index is 1140. The molecule has 3 aliphatic rings. The summed E-state index contributed by atoms with van der Waals surface area (Å²) in [5.74, 6) is 0.648. The Hall–Kier alpha value is -2.11. The van der Waals surface area contributed by atoms with Gasteiger partial charge >= 0.3 is 0 Å². The van der Waals surface area contributed by atoms with Crippen LogP contribution in [0.4, 0.5) is 5.69 Å². The maximum absolute atomic E-state index is 13.4. The second-order valence-corrected chi connectivity index (χ2v) is 11.8. The van der Waals surface area contributed by atoms with Crippen molar-refractivity contribution in [2.24, 2.45) is 5.92 Å². The maximum atomic E-state index is 13.4. The molecule has 3 atom stereocenters. The smallest absolute Gasteiger partial charge is 0.243 e. The molecule has 32 heavy (non-hydrogen) atoms. The molecule has 1 saturated heterocycles. The molecule has 2 heterocycles. The minimum Gasteiger partial charge on any atom is -0.378 e. The first-order valence-corrected chi connectivity index (χ1v) is 13.5. The molecule has 0 spiro atoms. The van der Waals surface area contributed by atoms with Crippen LogP contribution in [-0.4, -0.2) is 25.8 Å². The van der Waals surface area contributed by atoms with Crippen LogP contribution in [0.1, 0.15) is 71.9 Å². The molecule has 4 nitrogen and oxygen atoms in total. The molecule has 2 aliphatic heterocycles. The number of nitrogens with zero attached hydrogens (tertiary/aromatic N) is 1. The van der Waals surface area contributed by atoms with Crippen LogP contribution < -0.4 is 5.32 Å². The SMILES string of the molecule is Cc1cc(C)c(C2Nc3ccc(S(=O)(=O)N4CCCCCC4)cc3C3C=CCC32)c(C)c1. The van der Waals surface area contributed by atoms with E-state index < -0.39 is 10.0 Å². The van der Waals surface area contributed by atoms with Gasteiger partial charge in [-0.2, -0.15) is 4.31 Å². The number of nitrogens with one attached hydrogen (secondary N) is 1. The first-order valence-electron chi connectivity index (χ1n) is 12.0. The minimum atomic E-state index is -3.45. The monoisotopic (exact) mass is 450 g/mol. The van der Waals surface area contributed by atoms with Crippen molar-refractivity contribution in [2.45, 2.75) is 69.7 Å². The third-order valence-electron chi connectivity index (χ3n) is 7.59. The summed E-state index contributed by atoms with van der Waals surface area (Å²) in [6.07, 6.45) is 9.72. The van der Waals surface area contributed by atoms with E-state index in [1.807, 2.05) is 12.1 Å². The molecule has 170 valence electrons. The standard InChI is InChI=1S/C27H34N2O2S/c1-18-15-19(2)26(20(3)16-18)27-23-10-8-9-22(23)24-17-21(11-12-25(24)28-27)32(30,31)29-13-6-4-5-7-14-29/h8-9,11-12,15-17,22-23,27-28H,4-7,10,13-14H2,1-3H3. The van der Waals surface area contributed by atoms with Crippen molar-refractivity contribution in [3.05, 3.63) is 70.3 Å². The van der Waals surface area contributed by atoms with E-state index in [9.17, 15) is 8.42 Å². The minimum absolute atomic E-state index is 0.233. The van der Waals surface area contributed by atoms with Crippen LogP contribution in [0.15, 0.2) is 47.4 Å². The Balaban J connectivity index is 1.53. The number of fused-ring (bicyclic) bond motifs is 3. The third-order valence-corrected chi connectivity index (χ3v) is 9.48. The van der Waals surface area contributed by atoms with Crippen molar-refractivity contribution < 1.29 is 8.42 Å². The fraction of sp³-hybridized carbons (Fsp3) is 0.481. The second kappa shape index (κ2) is 8.35. The highest BCUT2D eigenvalue weighted by atomic mass is 32.2. The summed E-state index contributed by atoms with van der Waals surface area (Å²) < 4.78 is 28.5. The number of hydrogen-bond acceptors (Lipinski definition) is 3.